The van der Waals surface area contributed by atoms with Crippen LogP contribution < -0.4 is 5.73 Å². The van der Waals surface area contributed by atoms with Crippen LogP contribution in [0.5, 0.6) is 5.75 Å². The fourth-order valence-electron chi connectivity index (χ4n) is 0.961. The molecule has 0 spiro atoms. The third-order valence-electron chi connectivity index (χ3n) is 1.84. The molecule has 0 unspecified atom stereocenters. The smallest absolute Gasteiger partial charge is 0.341 e. The molecule has 1 aromatic carbocycles. The topological polar surface area (TPSA) is 110 Å². The van der Waals surface area contributed by atoms with Gasteiger partial charge in [0.05, 0.1) is 0 Å². The molecule has 0 aliphatic rings. The zero-order valence-electron chi connectivity index (χ0n) is 8.29. The summed E-state index contributed by atoms with van der Waals surface area (Å²) in [6, 6.07) is 4.52. The van der Waals surface area contributed by atoms with Gasteiger partial charge in [0.25, 0.3) is 0 Å². The van der Waals surface area contributed by atoms with E-state index in [0.717, 1.165) is 0 Å². The van der Waals surface area contributed by atoms with Crippen LogP contribution in [0.25, 0.3) is 0 Å². The van der Waals surface area contributed by atoms with E-state index < -0.39 is 24.6 Å². The van der Waals surface area contributed by atoms with Crippen LogP contribution in [0.2, 0.25) is 0 Å². The molecule has 6 nitrogen and oxygen atoms in total. The Balaban J connectivity index is 2.60. The molecule has 4 N–H and O–H groups in total. The van der Waals surface area contributed by atoms with Crippen LogP contribution in [0.3, 0.4) is 0 Å². The SMILES string of the molecule is N[C@@H](COC(=O)c1ccccc1O)C(=O)O. The monoisotopic (exact) mass is 225 g/mol. The van der Waals surface area contributed by atoms with Crippen LogP contribution in [0.4, 0.5) is 0 Å². The average Bonchev–Trinajstić information content (AvgIpc) is 2.25. The van der Waals surface area contributed by atoms with Gasteiger partial charge in [0.1, 0.15) is 24.0 Å². The molecule has 0 heterocycles. The first-order valence-corrected chi connectivity index (χ1v) is 4.46. The minimum Gasteiger partial charge on any atom is -0.507 e. The van der Waals surface area contributed by atoms with Gasteiger partial charge in [0.15, 0.2) is 0 Å². The van der Waals surface area contributed by atoms with Crippen molar-refractivity contribution >= 4 is 11.9 Å². The molecule has 86 valence electrons. The largest absolute Gasteiger partial charge is 0.507 e. The fourth-order valence-corrected chi connectivity index (χ4v) is 0.961. The number of phenols is 1. The maximum absolute atomic E-state index is 11.4. The standard InChI is InChI=1S/C10H11NO5/c11-7(9(13)14)5-16-10(15)6-3-1-2-4-8(6)12/h1-4,7,12H,5,11H2,(H,13,14)/t7-/m0/s1. The molecule has 0 aliphatic carbocycles. The Bertz CT molecular complexity index is 404. The highest BCUT2D eigenvalue weighted by molar-refractivity contribution is 5.92. The van der Waals surface area contributed by atoms with E-state index in [1.54, 1.807) is 12.1 Å². The summed E-state index contributed by atoms with van der Waals surface area (Å²) >= 11 is 0. The summed E-state index contributed by atoms with van der Waals surface area (Å²) in [5.74, 6) is -2.30. The fraction of sp³-hybridized carbons (Fsp3) is 0.200. The molecule has 0 amide bonds. The van der Waals surface area contributed by atoms with Crippen molar-refractivity contribution in [2.24, 2.45) is 5.73 Å². The number of aromatic hydroxyl groups is 1. The first kappa shape index (κ1) is 12.0. The van der Waals surface area contributed by atoms with Gasteiger partial charge in [-0.1, -0.05) is 12.1 Å². The van der Waals surface area contributed by atoms with E-state index in [-0.39, 0.29) is 11.3 Å². The van der Waals surface area contributed by atoms with Crippen molar-refractivity contribution in [3.8, 4) is 5.75 Å². The molecule has 0 aromatic heterocycles. The van der Waals surface area contributed by atoms with Gasteiger partial charge in [-0.2, -0.15) is 0 Å². The number of phenolic OH excluding ortho intramolecular Hbond substituents is 1. The Kier molecular flexibility index (Phi) is 3.84. The lowest BCUT2D eigenvalue weighted by molar-refractivity contribution is -0.139. The summed E-state index contributed by atoms with van der Waals surface area (Å²) in [4.78, 5) is 21.7. The number of ether oxygens (including phenoxy) is 1. The second-order valence-corrected chi connectivity index (χ2v) is 3.06. The molecule has 0 radical (unpaired) electrons. The summed E-state index contributed by atoms with van der Waals surface area (Å²) in [7, 11) is 0. The predicted octanol–water partition coefficient (Wildman–Crippen LogP) is -0.0391. The van der Waals surface area contributed by atoms with E-state index in [1.807, 2.05) is 0 Å². The Morgan fingerprint density at radius 3 is 2.56 bits per heavy atom. The van der Waals surface area contributed by atoms with Crippen molar-refractivity contribution in [3.63, 3.8) is 0 Å². The zero-order chi connectivity index (χ0) is 12.1. The van der Waals surface area contributed by atoms with Crippen molar-refractivity contribution in [1.29, 1.82) is 0 Å². The van der Waals surface area contributed by atoms with Gasteiger partial charge in [-0.15, -0.1) is 0 Å². The normalized spacial score (nSPS) is 11.8. The highest BCUT2D eigenvalue weighted by Crippen LogP contribution is 2.16. The number of rotatable bonds is 4. The van der Waals surface area contributed by atoms with Gasteiger partial charge in [-0.3, -0.25) is 4.79 Å². The first-order valence-electron chi connectivity index (χ1n) is 4.46. The third-order valence-corrected chi connectivity index (χ3v) is 1.84. The molecule has 1 aromatic rings. The van der Waals surface area contributed by atoms with E-state index in [4.69, 9.17) is 10.8 Å². The molecule has 0 bridgehead atoms. The van der Waals surface area contributed by atoms with Crippen molar-refractivity contribution < 1.29 is 24.5 Å². The average molecular weight is 225 g/mol. The summed E-state index contributed by atoms with van der Waals surface area (Å²) in [5, 5.41) is 17.8. The Labute approximate surface area is 91.3 Å². The minimum absolute atomic E-state index is 0.0277. The number of carbonyl (C=O) groups is 2. The lowest BCUT2D eigenvalue weighted by Crippen LogP contribution is -2.35. The number of hydrogen-bond acceptors (Lipinski definition) is 5. The second-order valence-electron chi connectivity index (χ2n) is 3.06. The molecule has 0 fully saturated rings. The van der Waals surface area contributed by atoms with Gasteiger partial charge >= 0.3 is 11.9 Å². The van der Waals surface area contributed by atoms with Crippen molar-refractivity contribution in [3.05, 3.63) is 29.8 Å². The highest BCUT2D eigenvalue weighted by Gasteiger charge is 2.16. The van der Waals surface area contributed by atoms with Crippen molar-refractivity contribution in [2.45, 2.75) is 6.04 Å². The molecule has 16 heavy (non-hydrogen) atoms. The summed E-state index contributed by atoms with van der Waals surface area (Å²) in [6.07, 6.45) is 0. The van der Waals surface area contributed by atoms with Gasteiger partial charge in [-0.25, -0.2) is 4.79 Å². The van der Waals surface area contributed by atoms with Crippen LogP contribution in [0.1, 0.15) is 10.4 Å². The number of carboxylic acid groups (broad SMARTS) is 1. The molecule has 0 saturated carbocycles. The van der Waals surface area contributed by atoms with Crippen LogP contribution in [0.15, 0.2) is 24.3 Å². The predicted molar refractivity (Wildman–Crippen MR) is 54.0 cm³/mol. The maximum atomic E-state index is 11.4. The van der Waals surface area contributed by atoms with E-state index >= 15 is 0 Å². The lowest BCUT2D eigenvalue weighted by Gasteiger charge is -2.08. The number of hydrogen-bond donors (Lipinski definition) is 3. The van der Waals surface area contributed by atoms with Crippen LogP contribution in [0, 0.1) is 0 Å². The minimum atomic E-state index is -1.27. The lowest BCUT2D eigenvalue weighted by atomic mass is 10.2. The van der Waals surface area contributed by atoms with Crippen LogP contribution in [-0.2, 0) is 9.53 Å². The quantitative estimate of drug-likeness (QED) is 0.620. The number of nitrogens with two attached hydrogens (primary N) is 1. The molecule has 0 aliphatic heterocycles. The molecular formula is C10H11NO5. The number of para-hydroxylation sites is 1. The van der Waals surface area contributed by atoms with Gasteiger partial charge < -0.3 is 20.7 Å². The number of carbonyl (C=O) groups excluding carboxylic acids is 1. The van der Waals surface area contributed by atoms with Gasteiger partial charge in [-0.05, 0) is 12.1 Å². The third kappa shape index (κ3) is 2.96. The summed E-state index contributed by atoms with van der Waals surface area (Å²) < 4.78 is 4.63. The van der Waals surface area contributed by atoms with Crippen LogP contribution in [-0.4, -0.2) is 34.8 Å². The Hall–Kier alpha value is -2.08. The van der Waals surface area contributed by atoms with Crippen LogP contribution >= 0.6 is 0 Å². The zero-order valence-corrected chi connectivity index (χ0v) is 8.29. The molecule has 1 atom stereocenters. The molecule has 0 saturated heterocycles. The van der Waals surface area contributed by atoms with Crippen molar-refractivity contribution in [2.75, 3.05) is 6.61 Å². The Morgan fingerprint density at radius 2 is 2.00 bits per heavy atom. The highest BCUT2D eigenvalue weighted by atomic mass is 16.5. The van der Waals surface area contributed by atoms with Gasteiger partial charge in [0, 0.05) is 0 Å². The second kappa shape index (κ2) is 5.13. The first-order chi connectivity index (χ1) is 7.52. The van der Waals surface area contributed by atoms with E-state index in [1.165, 1.54) is 12.1 Å². The number of aliphatic carboxylic acids is 1. The number of carboxylic acids is 1. The maximum Gasteiger partial charge on any atom is 0.341 e. The van der Waals surface area contributed by atoms with E-state index in [9.17, 15) is 14.7 Å². The van der Waals surface area contributed by atoms with E-state index in [2.05, 4.69) is 4.74 Å². The summed E-state index contributed by atoms with van der Waals surface area (Å²) in [6.45, 7) is -0.442. The number of benzene rings is 1. The summed E-state index contributed by atoms with van der Waals surface area (Å²) in [5.41, 5.74) is 5.11. The van der Waals surface area contributed by atoms with E-state index in [0.29, 0.717) is 0 Å². The molecule has 1 rings (SSSR count). The number of esters is 1. The van der Waals surface area contributed by atoms with Crippen molar-refractivity contribution in [1.82, 2.24) is 0 Å². The van der Waals surface area contributed by atoms with Gasteiger partial charge in [0.2, 0.25) is 0 Å². The Morgan fingerprint density at radius 1 is 1.38 bits per heavy atom. The molecule has 6 heteroatoms. The molecular weight excluding hydrogens is 214 g/mol.